The Morgan fingerprint density at radius 3 is 2.87 bits per heavy atom. The van der Waals surface area contributed by atoms with Gasteiger partial charge in [-0.3, -0.25) is 10.4 Å². The number of thiocarbonyl (C=S) groups is 1. The molecule has 0 amide bonds. The lowest BCUT2D eigenvalue weighted by Gasteiger charge is -2.35. The monoisotopic (exact) mass is 330 g/mol. The number of rotatable bonds is 2. The van der Waals surface area contributed by atoms with Crippen molar-refractivity contribution in [1.29, 1.82) is 0 Å². The summed E-state index contributed by atoms with van der Waals surface area (Å²) in [5, 5.41) is 5.21. The molecule has 3 rings (SSSR count). The van der Waals surface area contributed by atoms with Gasteiger partial charge in [-0.1, -0.05) is 6.58 Å². The summed E-state index contributed by atoms with van der Waals surface area (Å²) in [5.74, 6) is 0. The number of nitrogens with one attached hydrogen (secondary N) is 1. The number of hydrogen-bond donors (Lipinski definition) is 1. The highest BCUT2D eigenvalue weighted by atomic mass is 32.1. The summed E-state index contributed by atoms with van der Waals surface area (Å²) in [6.45, 7) is 8.40. The summed E-state index contributed by atoms with van der Waals surface area (Å²) in [4.78, 5) is 11.0. The first-order chi connectivity index (χ1) is 11.2. The molecule has 1 aromatic rings. The van der Waals surface area contributed by atoms with Crippen LogP contribution in [0.1, 0.15) is 12.1 Å². The molecule has 0 aliphatic carbocycles. The molecule has 0 saturated carbocycles. The summed E-state index contributed by atoms with van der Waals surface area (Å²) >= 11 is 5.47. The van der Waals surface area contributed by atoms with Crippen molar-refractivity contribution in [2.45, 2.75) is 6.42 Å². The topological polar surface area (TPSA) is 47.0 Å². The number of pyridine rings is 1. The second-order valence-electron chi connectivity index (χ2n) is 5.72. The van der Waals surface area contributed by atoms with Gasteiger partial charge in [-0.15, -0.1) is 0 Å². The van der Waals surface area contributed by atoms with E-state index in [1.807, 2.05) is 12.3 Å². The fraction of sp³-hybridized carbons (Fsp3) is 0.438. The number of hydrazone groups is 1. The molecule has 3 heterocycles. The highest BCUT2D eigenvalue weighted by molar-refractivity contribution is 7.80. The molecule has 1 fully saturated rings. The summed E-state index contributed by atoms with van der Waals surface area (Å²) in [6, 6.07) is 4.03. The first-order valence-electron chi connectivity index (χ1n) is 7.83. The van der Waals surface area contributed by atoms with Gasteiger partial charge in [0, 0.05) is 52.4 Å². The van der Waals surface area contributed by atoms with Gasteiger partial charge in [0.05, 0.1) is 11.4 Å². The Morgan fingerprint density at radius 2 is 2.13 bits per heavy atom. The maximum Gasteiger partial charge on any atom is 0.189 e. The summed E-state index contributed by atoms with van der Waals surface area (Å²) < 4.78 is 0. The third-order valence-electron chi connectivity index (χ3n) is 4.30. The van der Waals surface area contributed by atoms with Crippen LogP contribution in [0.3, 0.4) is 0 Å². The summed E-state index contributed by atoms with van der Waals surface area (Å²) in [6.07, 6.45) is 4.55. The zero-order valence-electron chi connectivity index (χ0n) is 13.4. The normalized spacial score (nSPS) is 19.5. The molecule has 1 N–H and O–H groups in total. The van der Waals surface area contributed by atoms with Gasteiger partial charge < -0.3 is 14.7 Å². The van der Waals surface area contributed by atoms with E-state index in [1.165, 1.54) is 0 Å². The van der Waals surface area contributed by atoms with E-state index in [-0.39, 0.29) is 0 Å². The van der Waals surface area contributed by atoms with Gasteiger partial charge in [-0.25, -0.2) is 0 Å². The van der Waals surface area contributed by atoms with Crippen LogP contribution in [0.5, 0.6) is 0 Å². The van der Waals surface area contributed by atoms with Crippen molar-refractivity contribution in [2.24, 2.45) is 5.10 Å². The highest BCUT2D eigenvalue weighted by Gasteiger charge is 2.21. The van der Waals surface area contributed by atoms with Crippen molar-refractivity contribution in [3.8, 4) is 0 Å². The highest BCUT2D eigenvalue weighted by Crippen LogP contribution is 2.23. The van der Waals surface area contributed by atoms with Crippen LogP contribution in [0.15, 0.2) is 36.2 Å². The summed E-state index contributed by atoms with van der Waals surface area (Å²) in [7, 11) is 2.08. The molecule has 0 aromatic carbocycles. The third-order valence-corrected chi connectivity index (χ3v) is 4.65. The van der Waals surface area contributed by atoms with Crippen LogP contribution in [0.2, 0.25) is 0 Å². The molecule has 2 aliphatic heterocycles. The quantitative estimate of drug-likeness (QED) is 0.651. The Labute approximate surface area is 142 Å². The predicted octanol–water partition coefficient (Wildman–Crippen LogP) is 1.26. The minimum atomic E-state index is 0.678. The molecule has 1 saturated heterocycles. The lowest BCUT2D eigenvalue weighted by molar-refractivity contribution is 0.236. The zero-order chi connectivity index (χ0) is 16.2. The molecule has 0 radical (unpaired) electrons. The van der Waals surface area contributed by atoms with Crippen molar-refractivity contribution in [3.05, 3.63) is 36.8 Å². The molecule has 0 atom stereocenters. The first kappa shape index (κ1) is 15.7. The maximum atomic E-state index is 5.47. The van der Waals surface area contributed by atoms with E-state index in [9.17, 15) is 0 Å². The van der Waals surface area contributed by atoms with E-state index < -0.39 is 0 Å². The second-order valence-corrected chi connectivity index (χ2v) is 6.11. The van der Waals surface area contributed by atoms with Gasteiger partial charge in [0.2, 0.25) is 0 Å². The van der Waals surface area contributed by atoms with E-state index in [2.05, 4.69) is 49.9 Å². The predicted molar refractivity (Wildman–Crippen MR) is 97.7 cm³/mol. The van der Waals surface area contributed by atoms with Crippen molar-refractivity contribution < 1.29 is 0 Å². The van der Waals surface area contributed by atoms with Crippen LogP contribution in [-0.2, 0) is 0 Å². The molecule has 6 nitrogen and oxygen atoms in total. The number of anilines is 1. The Bertz CT molecular complexity index is 621. The Hall–Kier alpha value is -2.15. The lowest BCUT2D eigenvalue weighted by Crippen LogP contribution is -2.49. The molecule has 1 aromatic heterocycles. The molecule has 2 aliphatic rings. The molecule has 0 bridgehead atoms. The number of piperazine rings is 1. The minimum Gasteiger partial charge on any atom is -0.374 e. The Kier molecular flexibility index (Phi) is 4.76. The van der Waals surface area contributed by atoms with E-state index in [0.29, 0.717) is 5.11 Å². The van der Waals surface area contributed by atoms with Gasteiger partial charge >= 0.3 is 0 Å². The van der Waals surface area contributed by atoms with Crippen molar-refractivity contribution in [2.75, 3.05) is 44.7 Å². The second kappa shape index (κ2) is 6.95. The Balaban J connectivity index is 1.65. The van der Waals surface area contributed by atoms with Crippen LogP contribution >= 0.6 is 12.2 Å². The van der Waals surface area contributed by atoms with Gasteiger partial charge in [0.25, 0.3) is 0 Å². The molecule has 122 valence electrons. The average molecular weight is 330 g/mol. The summed E-state index contributed by atoms with van der Waals surface area (Å²) in [5.41, 5.74) is 6.07. The van der Waals surface area contributed by atoms with Crippen LogP contribution in [-0.4, -0.2) is 65.4 Å². The number of hydrogen-bond acceptors (Lipinski definition) is 5. The standard InChI is InChI=1S/C16H22N6S/c1-3-21-9-11-22(12-10-21)16(23)19-18-13-6-8-20(2)14-5-4-7-17-15(13)14/h3-5,7H,1,6,8-12H2,2H3,(H,19,23)/b18-13-. The van der Waals surface area contributed by atoms with Gasteiger partial charge in [-0.2, -0.15) is 5.10 Å². The van der Waals surface area contributed by atoms with Crippen LogP contribution < -0.4 is 10.3 Å². The lowest BCUT2D eigenvalue weighted by atomic mass is 10.1. The fourth-order valence-corrected chi connectivity index (χ4v) is 3.07. The first-order valence-corrected chi connectivity index (χ1v) is 8.24. The van der Waals surface area contributed by atoms with Gasteiger partial charge in [0.15, 0.2) is 5.11 Å². The van der Waals surface area contributed by atoms with E-state index in [4.69, 9.17) is 12.2 Å². The molecular formula is C16H22N6S. The molecule has 23 heavy (non-hydrogen) atoms. The SMILES string of the molecule is C=CN1CCN(C(=S)N/N=C2/CCN(C)c3cccnc32)CC1. The van der Waals surface area contributed by atoms with Crippen LogP contribution in [0.4, 0.5) is 5.69 Å². The molecule has 0 spiro atoms. The number of fused-ring (bicyclic) bond motifs is 1. The minimum absolute atomic E-state index is 0.678. The van der Waals surface area contributed by atoms with Crippen LogP contribution in [0, 0.1) is 0 Å². The van der Waals surface area contributed by atoms with E-state index in [1.54, 1.807) is 6.20 Å². The smallest absolute Gasteiger partial charge is 0.189 e. The van der Waals surface area contributed by atoms with Gasteiger partial charge in [-0.05, 0) is 30.6 Å². The number of nitrogens with zero attached hydrogens (tertiary/aromatic N) is 5. The molecule has 0 unspecified atom stereocenters. The van der Waals surface area contributed by atoms with Crippen LogP contribution in [0.25, 0.3) is 0 Å². The van der Waals surface area contributed by atoms with Crippen molar-refractivity contribution in [1.82, 2.24) is 20.2 Å². The van der Waals surface area contributed by atoms with E-state index >= 15 is 0 Å². The maximum absolute atomic E-state index is 5.47. The largest absolute Gasteiger partial charge is 0.374 e. The fourth-order valence-electron chi connectivity index (χ4n) is 2.84. The third kappa shape index (κ3) is 3.44. The molecular weight excluding hydrogens is 308 g/mol. The van der Waals surface area contributed by atoms with Crippen molar-refractivity contribution in [3.63, 3.8) is 0 Å². The van der Waals surface area contributed by atoms with E-state index in [0.717, 1.165) is 56.2 Å². The Morgan fingerprint density at radius 1 is 1.35 bits per heavy atom. The van der Waals surface area contributed by atoms with Gasteiger partial charge in [0.1, 0.15) is 5.69 Å². The number of aromatic nitrogens is 1. The zero-order valence-corrected chi connectivity index (χ0v) is 14.2. The molecule has 7 heteroatoms. The van der Waals surface area contributed by atoms with Crippen molar-refractivity contribution >= 4 is 28.7 Å². The average Bonchev–Trinajstić information content (AvgIpc) is 2.61.